The number of benzene rings is 2. The summed E-state index contributed by atoms with van der Waals surface area (Å²) in [6, 6.07) is 17.9. The van der Waals surface area contributed by atoms with Gasteiger partial charge in [-0.2, -0.15) is 0 Å². The van der Waals surface area contributed by atoms with Crippen LogP contribution in [0.5, 0.6) is 0 Å². The molecule has 1 aromatic heterocycles. The molecule has 0 radical (unpaired) electrons. The summed E-state index contributed by atoms with van der Waals surface area (Å²) in [5.41, 5.74) is 3.53. The fraction of sp³-hybridized carbons (Fsp3) is 0.143. The van der Waals surface area contributed by atoms with Gasteiger partial charge in [0, 0.05) is 35.8 Å². The molecule has 0 saturated carbocycles. The van der Waals surface area contributed by atoms with E-state index in [-0.39, 0.29) is 11.9 Å². The van der Waals surface area contributed by atoms with Gasteiger partial charge in [0.05, 0.1) is 0 Å². The number of hydrogen-bond acceptors (Lipinski definition) is 2. The Kier molecular flexibility index (Phi) is 4.05. The molecule has 1 fully saturated rings. The number of amides is 3. The first-order chi connectivity index (χ1) is 12.7. The molecule has 0 unspecified atom stereocenters. The highest BCUT2D eigenvalue weighted by molar-refractivity contribution is 6.14. The van der Waals surface area contributed by atoms with Crippen molar-refractivity contribution in [2.45, 2.75) is 13.5 Å². The highest BCUT2D eigenvalue weighted by atomic mass is 16.2. The molecule has 0 spiro atoms. The molecule has 26 heavy (non-hydrogen) atoms. The molecule has 0 bridgehead atoms. The summed E-state index contributed by atoms with van der Waals surface area (Å²) in [5, 5.41) is 3.72. The third kappa shape index (κ3) is 2.77. The Morgan fingerprint density at radius 2 is 1.73 bits per heavy atom. The van der Waals surface area contributed by atoms with Crippen molar-refractivity contribution in [3.63, 3.8) is 0 Å². The van der Waals surface area contributed by atoms with E-state index in [0.717, 1.165) is 23.0 Å². The molecule has 1 aliphatic rings. The van der Waals surface area contributed by atoms with E-state index in [1.54, 1.807) is 13.0 Å². The Morgan fingerprint density at radius 1 is 1.00 bits per heavy atom. The van der Waals surface area contributed by atoms with E-state index < -0.39 is 0 Å². The molecule has 5 heteroatoms. The van der Waals surface area contributed by atoms with E-state index >= 15 is 0 Å². The Bertz CT molecular complexity index is 1020. The van der Waals surface area contributed by atoms with Gasteiger partial charge in [-0.25, -0.2) is 4.79 Å². The van der Waals surface area contributed by atoms with Crippen LogP contribution < -0.4 is 5.32 Å². The quantitative estimate of drug-likeness (QED) is 0.580. The second-order valence-corrected chi connectivity index (χ2v) is 6.25. The van der Waals surface area contributed by atoms with Crippen molar-refractivity contribution in [3.05, 3.63) is 77.6 Å². The number of para-hydroxylation sites is 1. The predicted molar refractivity (Wildman–Crippen MR) is 101 cm³/mol. The summed E-state index contributed by atoms with van der Waals surface area (Å²) in [4.78, 5) is 25.4. The van der Waals surface area contributed by atoms with Crippen molar-refractivity contribution in [3.8, 4) is 0 Å². The fourth-order valence-electron chi connectivity index (χ4n) is 3.32. The summed E-state index contributed by atoms with van der Waals surface area (Å²) >= 11 is 0. The lowest BCUT2D eigenvalue weighted by atomic mass is 10.1. The summed E-state index contributed by atoms with van der Waals surface area (Å²) in [6.07, 6.45) is 3.79. The van der Waals surface area contributed by atoms with Crippen LogP contribution in [0.15, 0.2) is 66.5 Å². The average molecular weight is 345 g/mol. The van der Waals surface area contributed by atoms with E-state index in [9.17, 15) is 9.59 Å². The van der Waals surface area contributed by atoms with E-state index in [2.05, 4.69) is 28.1 Å². The number of likely N-dealkylation sites (N-methyl/N-ethyl adjacent to an activating group) is 1. The van der Waals surface area contributed by atoms with Gasteiger partial charge >= 0.3 is 6.03 Å². The first-order valence-corrected chi connectivity index (χ1v) is 8.63. The van der Waals surface area contributed by atoms with Crippen molar-refractivity contribution in [1.29, 1.82) is 0 Å². The van der Waals surface area contributed by atoms with Gasteiger partial charge in [0.25, 0.3) is 5.91 Å². The van der Waals surface area contributed by atoms with Gasteiger partial charge in [-0.05, 0) is 24.6 Å². The second-order valence-electron chi connectivity index (χ2n) is 6.25. The van der Waals surface area contributed by atoms with E-state index in [0.29, 0.717) is 12.2 Å². The average Bonchev–Trinajstić information content (AvgIpc) is 3.13. The summed E-state index contributed by atoms with van der Waals surface area (Å²) in [6.45, 7) is 2.88. The molecule has 1 N–H and O–H groups in total. The van der Waals surface area contributed by atoms with E-state index in [4.69, 9.17) is 0 Å². The molecule has 1 saturated heterocycles. The molecular formula is C21H19N3O2. The standard InChI is InChI=1S/C21H19N3O2/c1-2-24-20(25)18(22-21(24)26)12-16-14-23(13-15-8-4-3-5-9-15)19-11-7-6-10-17(16)19/h3-12,14H,2,13H2,1H3,(H,22,26)/b18-12-. The first-order valence-electron chi connectivity index (χ1n) is 8.63. The van der Waals surface area contributed by atoms with Crippen LogP contribution in [0.3, 0.4) is 0 Å². The first kappa shape index (κ1) is 16.1. The van der Waals surface area contributed by atoms with Crippen LogP contribution in [0.25, 0.3) is 17.0 Å². The number of nitrogens with one attached hydrogen (secondary N) is 1. The predicted octanol–water partition coefficient (Wildman–Crippen LogP) is 3.60. The normalized spacial score (nSPS) is 15.9. The molecule has 2 aromatic carbocycles. The Balaban J connectivity index is 1.76. The number of hydrogen-bond donors (Lipinski definition) is 1. The molecule has 5 nitrogen and oxygen atoms in total. The minimum Gasteiger partial charge on any atom is -0.342 e. The van der Waals surface area contributed by atoms with E-state index in [1.807, 2.05) is 42.6 Å². The maximum absolute atomic E-state index is 12.4. The second kappa shape index (κ2) is 6.52. The SMILES string of the molecule is CCN1C(=O)N/C(=C\c2cn(Cc3ccccc3)c3ccccc23)C1=O. The molecule has 4 rings (SSSR count). The summed E-state index contributed by atoms with van der Waals surface area (Å²) in [5.74, 6) is -0.280. The highest BCUT2D eigenvalue weighted by Gasteiger charge is 2.32. The molecule has 2 heterocycles. The van der Waals surface area contributed by atoms with Gasteiger partial charge in [0.15, 0.2) is 0 Å². The zero-order chi connectivity index (χ0) is 18.1. The molecule has 0 atom stereocenters. The van der Waals surface area contributed by atoms with Gasteiger partial charge in [-0.3, -0.25) is 9.69 Å². The Labute approximate surface area is 151 Å². The number of nitrogens with zero attached hydrogens (tertiary/aromatic N) is 2. The molecule has 3 aromatic rings. The molecule has 3 amide bonds. The maximum atomic E-state index is 12.4. The van der Waals surface area contributed by atoms with Crippen molar-refractivity contribution >= 4 is 28.9 Å². The third-order valence-electron chi connectivity index (χ3n) is 4.59. The van der Waals surface area contributed by atoms with Gasteiger partial charge < -0.3 is 9.88 Å². The van der Waals surface area contributed by atoms with Crippen molar-refractivity contribution in [1.82, 2.24) is 14.8 Å². The topological polar surface area (TPSA) is 54.3 Å². The fourth-order valence-corrected chi connectivity index (χ4v) is 3.32. The number of carbonyl (C=O) groups excluding carboxylic acids is 2. The number of urea groups is 1. The lowest BCUT2D eigenvalue weighted by Gasteiger charge is -2.05. The van der Waals surface area contributed by atoms with Crippen LogP contribution in [0, 0.1) is 0 Å². The lowest BCUT2D eigenvalue weighted by molar-refractivity contribution is -0.122. The molecule has 1 aliphatic heterocycles. The van der Waals surface area contributed by atoms with Crippen molar-refractivity contribution < 1.29 is 9.59 Å². The van der Waals surface area contributed by atoms with Crippen molar-refractivity contribution in [2.75, 3.05) is 6.54 Å². The Hall–Kier alpha value is -3.34. The zero-order valence-electron chi connectivity index (χ0n) is 14.5. The number of rotatable bonds is 4. The number of aromatic nitrogens is 1. The largest absolute Gasteiger partial charge is 0.342 e. The monoisotopic (exact) mass is 345 g/mol. The van der Waals surface area contributed by atoms with Gasteiger partial charge in [-0.1, -0.05) is 48.5 Å². The maximum Gasteiger partial charge on any atom is 0.328 e. The van der Waals surface area contributed by atoms with Crippen LogP contribution in [0.2, 0.25) is 0 Å². The molecule has 130 valence electrons. The van der Waals surface area contributed by atoms with Gasteiger partial charge in [0.2, 0.25) is 0 Å². The molecule has 0 aliphatic carbocycles. The zero-order valence-corrected chi connectivity index (χ0v) is 14.5. The number of carbonyl (C=O) groups is 2. The van der Waals surface area contributed by atoms with Crippen molar-refractivity contribution in [2.24, 2.45) is 0 Å². The lowest BCUT2D eigenvalue weighted by Crippen LogP contribution is -2.30. The smallest absolute Gasteiger partial charge is 0.328 e. The van der Waals surface area contributed by atoms with Gasteiger partial charge in [-0.15, -0.1) is 0 Å². The minimum atomic E-state index is -0.364. The minimum absolute atomic E-state index is 0.280. The number of fused-ring (bicyclic) bond motifs is 1. The van der Waals surface area contributed by atoms with Crippen LogP contribution in [0.1, 0.15) is 18.1 Å². The number of imide groups is 1. The van der Waals surface area contributed by atoms with Crippen LogP contribution in [-0.4, -0.2) is 28.0 Å². The Morgan fingerprint density at radius 3 is 2.46 bits per heavy atom. The van der Waals surface area contributed by atoms with Crippen LogP contribution in [0.4, 0.5) is 4.79 Å². The van der Waals surface area contributed by atoms with Crippen LogP contribution in [-0.2, 0) is 11.3 Å². The summed E-state index contributed by atoms with van der Waals surface area (Å²) in [7, 11) is 0. The summed E-state index contributed by atoms with van der Waals surface area (Å²) < 4.78 is 2.16. The highest BCUT2D eigenvalue weighted by Crippen LogP contribution is 2.25. The third-order valence-corrected chi connectivity index (χ3v) is 4.59. The van der Waals surface area contributed by atoms with Gasteiger partial charge in [0.1, 0.15) is 5.70 Å². The van der Waals surface area contributed by atoms with Crippen LogP contribution >= 0.6 is 0 Å². The van der Waals surface area contributed by atoms with E-state index in [1.165, 1.54) is 10.5 Å². The molecular weight excluding hydrogens is 326 g/mol.